The van der Waals surface area contributed by atoms with Gasteiger partial charge >= 0.3 is 0 Å². The minimum absolute atomic E-state index is 0.0892. The van der Waals surface area contributed by atoms with E-state index in [2.05, 4.69) is 6.92 Å². The van der Waals surface area contributed by atoms with E-state index in [0.29, 0.717) is 0 Å². The number of carbonyl (C=O) groups excluding carboxylic acids is 1. The zero-order valence-electron chi connectivity index (χ0n) is 10.9. The van der Waals surface area contributed by atoms with Crippen molar-refractivity contribution in [3.8, 4) is 5.75 Å². The van der Waals surface area contributed by atoms with Crippen LogP contribution in [0.25, 0.3) is 10.8 Å². The van der Waals surface area contributed by atoms with Crippen LogP contribution in [-0.2, 0) is 0 Å². The maximum atomic E-state index is 11.6. The maximum absolute atomic E-state index is 11.6. The van der Waals surface area contributed by atoms with Crippen molar-refractivity contribution < 1.29 is 9.53 Å². The smallest absolute Gasteiger partial charge is 0.160 e. The summed E-state index contributed by atoms with van der Waals surface area (Å²) < 4.78 is 5.78. The molecule has 0 aliphatic carbocycles. The first-order valence-electron chi connectivity index (χ1n) is 6.39. The number of rotatable bonds is 5. The van der Waals surface area contributed by atoms with Crippen molar-refractivity contribution in [3.05, 3.63) is 42.0 Å². The molecule has 2 aromatic rings. The molecule has 18 heavy (non-hydrogen) atoms. The lowest BCUT2D eigenvalue weighted by Gasteiger charge is -2.10. The Morgan fingerprint density at radius 3 is 2.56 bits per heavy atom. The van der Waals surface area contributed by atoms with Crippen LogP contribution in [0.15, 0.2) is 36.4 Å². The van der Waals surface area contributed by atoms with Crippen molar-refractivity contribution in [2.75, 3.05) is 6.61 Å². The molecule has 0 fully saturated rings. The minimum atomic E-state index is 0.0892. The number of carbonyl (C=O) groups is 1. The second-order valence-corrected chi connectivity index (χ2v) is 4.42. The van der Waals surface area contributed by atoms with Crippen molar-refractivity contribution >= 4 is 16.6 Å². The molecule has 2 rings (SSSR count). The van der Waals surface area contributed by atoms with Gasteiger partial charge in [-0.05, 0) is 24.8 Å². The van der Waals surface area contributed by atoms with E-state index >= 15 is 0 Å². The number of hydrogen-bond donors (Lipinski definition) is 0. The van der Waals surface area contributed by atoms with E-state index in [4.69, 9.17) is 4.74 Å². The number of ketones is 1. The minimum Gasteiger partial charge on any atom is -0.493 e. The molecule has 0 aromatic heterocycles. The molecule has 2 nitrogen and oxygen atoms in total. The normalized spacial score (nSPS) is 10.6. The van der Waals surface area contributed by atoms with Gasteiger partial charge in [-0.2, -0.15) is 0 Å². The van der Waals surface area contributed by atoms with E-state index in [0.717, 1.165) is 41.5 Å². The molecule has 0 amide bonds. The first-order valence-corrected chi connectivity index (χ1v) is 6.39. The van der Waals surface area contributed by atoms with E-state index in [1.165, 1.54) is 0 Å². The Labute approximate surface area is 108 Å². The Kier molecular flexibility index (Phi) is 3.98. The summed E-state index contributed by atoms with van der Waals surface area (Å²) in [7, 11) is 0. The summed E-state index contributed by atoms with van der Waals surface area (Å²) in [4.78, 5) is 11.6. The Hall–Kier alpha value is -1.83. The van der Waals surface area contributed by atoms with Crippen LogP contribution in [0.2, 0.25) is 0 Å². The first-order chi connectivity index (χ1) is 8.74. The van der Waals surface area contributed by atoms with Gasteiger partial charge in [-0.25, -0.2) is 0 Å². The average Bonchev–Trinajstić information content (AvgIpc) is 2.38. The van der Waals surface area contributed by atoms with E-state index in [9.17, 15) is 4.79 Å². The summed E-state index contributed by atoms with van der Waals surface area (Å²) in [6.45, 7) is 4.46. The quantitative estimate of drug-likeness (QED) is 0.579. The van der Waals surface area contributed by atoms with E-state index < -0.39 is 0 Å². The fraction of sp³-hybridized carbons (Fsp3) is 0.312. The highest BCUT2D eigenvalue weighted by Gasteiger charge is 2.08. The van der Waals surface area contributed by atoms with E-state index in [1.807, 2.05) is 36.4 Å². The molecule has 94 valence electrons. The third kappa shape index (κ3) is 2.53. The molecule has 0 atom stereocenters. The highest BCUT2D eigenvalue weighted by atomic mass is 16.5. The van der Waals surface area contributed by atoms with Crippen molar-refractivity contribution in [2.45, 2.75) is 26.7 Å². The number of fused-ring (bicyclic) bond motifs is 1. The Morgan fingerprint density at radius 2 is 1.83 bits per heavy atom. The number of ether oxygens (including phenoxy) is 1. The lowest BCUT2D eigenvalue weighted by atomic mass is 10.0. The third-order valence-electron chi connectivity index (χ3n) is 3.02. The highest BCUT2D eigenvalue weighted by Crippen LogP contribution is 2.28. The molecule has 0 aliphatic heterocycles. The van der Waals surface area contributed by atoms with Crippen LogP contribution in [-0.4, -0.2) is 12.4 Å². The molecule has 0 bridgehead atoms. The molecule has 0 unspecified atom stereocenters. The predicted octanol–water partition coefficient (Wildman–Crippen LogP) is 4.22. The van der Waals surface area contributed by atoms with Crippen LogP contribution in [0.4, 0.5) is 0 Å². The average molecular weight is 242 g/mol. The molecular formula is C16H18O2. The molecular weight excluding hydrogens is 224 g/mol. The molecule has 0 aliphatic rings. The fourth-order valence-corrected chi connectivity index (χ4v) is 2.04. The van der Waals surface area contributed by atoms with Crippen LogP contribution < -0.4 is 4.74 Å². The number of hydrogen-bond acceptors (Lipinski definition) is 2. The van der Waals surface area contributed by atoms with Crippen molar-refractivity contribution in [1.29, 1.82) is 0 Å². The highest BCUT2D eigenvalue weighted by molar-refractivity contribution is 6.08. The van der Waals surface area contributed by atoms with Gasteiger partial charge < -0.3 is 4.74 Å². The molecule has 0 saturated carbocycles. The van der Waals surface area contributed by atoms with Gasteiger partial charge in [-0.15, -0.1) is 0 Å². The summed E-state index contributed by atoms with van der Waals surface area (Å²) in [6, 6.07) is 11.6. The topological polar surface area (TPSA) is 26.3 Å². The number of benzene rings is 2. The van der Waals surface area contributed by atoms with Gasteiger partial charge in [0.2, 0.25) is 0 Å². The molecule has 0 N–H and O–H groups in total. The zero-order chi connectivity index (χ0) is 13.0. The summed E-state index contributed by atoms with van der Waals surface area (Å²) in [5.74, 6) is 0.954. The number of Topliss-reactive ketones (excluding diaryl/α,β-unsaturated/α-hetero) is 1. The second-order valence-electron chi connectivity index (χ2n) is 4.42. The van der Waals surface area contributed by atoms with Gasteiger partial charge in [0.25, 0.3) is 0 Å². The lowest BCUT2D eigenvalue weighted by molar-refractivity contribution is 0.101. The van der Waals surface area contributed by atoms with Gasteiger partial charge in [0.1, 0.15) is 5.75 Å². The predicted molar refractivity (Wildman–Crippen MR) is 74.4 cm³/mol. The molecule has 2 aromatic carbocycles. The summed E-state index contributed by atoms with van der Waals surface area (Å²) in [5, 5.41) is 1.99. The Morgan fingerprint density at radius 1 is 1.11 bits per heavy atom. The SMILES string of the molecule is CCCCOc1cccc2c(C(C)=O)cccc12. The van der Waals surface area contributed by atoms with Crippen LogP contribution >= 0.6 is 0 Å². The zero-order valence-corrected chi connectivity index (χ0v) is 10.9. The van der Waals surface area contributed by atoms with Crippen LogP contribution in [0.5, 0.6) is 5.75 Å². The van der Waals surface area contributed by atoms with Crippen LogP contribution in [0, 0.1) is 0 Å². The van der Waals surface area contributed by atoms with Crippen molar-refractivity contribution in [3.63, 3.8) is 0 Å². The molecule has 0 saturated heterocycles. The summed E-state index contributed by atoms with van der Waals surface area (Å²) in [6.07, 6.45) is 2.16. The molecule has 0 radical (unpaired) electrons. The van der Waals surface area contributed by atoms with Crippen molar-refractivity contribution in [1.82, 2.24) is 0 Å². The van der Waals surface area contributed by atoms with Gasteiger partial charge in [0.05, 0.1) is 6.61 Å². The molecule has 0 spiro atoms. The summed E-state index contributed by atoms with van der Waals surface area (Å²) >= 11 is 0. The van der Waals surface area contributed by atoms with Gasteiger partial charge in [0, 0.05) is 10.9 Å². The maximum Gasteiger partial charge on any atom is 0.160 e. The monoisotopic (exact) mass is 242 g/mol. The van der Waals surface area contributed by atoms with Gasteiger partial charge in [-0.3, -0.25) is 4.79 Å². The molecule has 0 heterocycles. The van der Waals surface area contributed by atoms with Crippen LogP contribution in [0.3, 0.4) is 0 Å². The largest absolute Gasteiger partial charge is 0.493 e. The Bertz CT molecular complexity index is 558. The van der Waals surface area contributed by atoms with E-state index in [1.54, 1.807) is 6.92 Å². The Balaban J connectivity index is 2.43. The third-order valence-corrected chi connectivity index (χ3v) is 3.02. The van der Waals surface area contributed by atoms with Crippen LogP contribution in [0.1, 0.15) is 37.0 Å². The lowest BCUT2D eigenvalue weighted by Crippen LogP contribution is -1.98. The van der Waals surface area contributed by atoms with Crippen molar-refractivity contribution in [2.24, 2.45) is 0 Å². The fourth-order valence-electron chi connectivity index (χ4n) is 2.04. The van der Waals surface area contributed by atoms with Gasteiger partial charge in [0.15, 0.2) is 5.78 Å². The standard InChI is InChI=1S/C16H18O2/c1-3-4-11-18-16-10-6-8-14-13(12(2)17)7-5-9-15(14)16/h5-10H,3-4,11H2,1-2H3. The second kappa shape index (κ2) is 5.67. The van der Waals surface area contributed by atoms with Gasteiger partial charge in [-0.1, -0.05) is 43.7 Å². The number of unbranched alkanes of at least 4 members (excludes halogenated alkanes) is 1. The van der Waals surface area contributed by atoms with E-state index in [-0.39, 0.29) is 5.78 Å². The molecule has 2 heteroatoms. The summed E-state index contributed by atoms with van der Waals surface area (Å²) in [5.41, 5.74) is 0.758. The first kappa shape index (κ1) is 12.6.